The van der Waals surface area contributed by atoms with Gasteiger partial charge < -0.3 is 16.8 Å². The fourth-order valence-corrected chi connectivity index (χ4v) is 1.39. The fourth-order valence-electron chi connectivity index (χ4n) is 1.39. The van der Waals surface area contributed by atoms with Crippen LogP contribution in [0.15, 0.2) is 0 Å². The molecule has 6 nitrogen and oxygen atoms in total. The molecule has 0 aromatic carbocycles. The zero-order valence-corrected chi connectivity index (χ0v) is 10.0. The maximum Gasteiger partial charge on any atom is 0.234 e. The Morgan fingerprint density at radius 1 is 1.31 bits per heavy atom. The SMILES string of the molecule is CC(C)CN(CC(N)=O)CC(=O)NCCN. The van der Waals surface area contributed by atoms with Crippen molar-refractivity contribution in [3.8, 4) is 0 Å². The highest BCUT2D eigenvalue weighted by Crippen LogP contribution is 1.97. The first kappa shape index (κ1) is 14.9. The fraction of sp³-hybridized carbons (Fsp3) is 0.800. The summed E-state index contributed by atoms with van der Waals surface area (Å²) < 4.78 is 0. The summed E-state index contributed by atoms with van der Waals surface area (Å²) in [5.41, 5.74) is 10.4. The molecule has 0 heterocycles. The maximum atomic E-state index is 11.4. The maximum absolute atomic E-state index is 11.4. The first-order chi connectivity index (χ1) is 7.45. The standard InChI is InChI=1S/C10H22N4O2/c1-8(2)5-14(6-9(12)15)7-10(16)13-4-3-11/h8H,3-7,11H2,1-2H3,(H2,12,15)(H,13,16). The Kier molecular flexibility index (Phi) is 7.49. The van der Waals surface area contributed by atoms with Crippen LogP contribution in [-0.2, 0) is 9.59 Å². The first-order valence-electron chi connectivity index (χ1n) is 5.43. The second kappa shape index (κ2) is 8.06. The van der Waals surface area contributed by atoms with Crippen molar-refractivity contribution in [2.75, 3.05) is 32.7 Å². The molecule has 0 spiro atoms. The Bertz CT molecular complexity index is 231. The normalized spacial score (nSPS) is 10.8. The molecule has 0 aliphatic carbocycles. The average molecular weight is 230 g/mol. The quantitative estimate of drug-likeness (QED) is 0.472. The van der Waals surface area contributed by atoms with Crippen LogP contribution in [0.1, 0.15) is 13.8 Å². The molecule has 2 amide bonds. The van der Waals surface area contributed by atoms with Gasteiger partial charge >= 0.3 is 0 Å². The number of rotatable bonds is 8. The number of nitrogens with two attached hydrogens (primary N) is 2. The molecule has 0 aromatic rings. The van der Waals surface area contributed by atoms with E-state index < -0.39 is 5.91 Å². The van der Waals surface area contributed by atoms with Crippen molar-refractivity contribution in [2.45, 2.75) is 13.8 Å². The van der Waals surface area contributed by atoms with Crippen LogP contribution in [-0.4, -0.2) is 49.4 Å². The summed E-state index contributed by atoms with van der Waals surface area (Å²) in [6.45, 7) is 5.85. The summed E-state index contributed by atoms with van der Waals surface area (Å²) in [5, 5.41) is 2.65. The number of hydrogen-bond acceptors (Lipinski definition) is 4. The molecule has 0 fully saturated rings. The zero-order chi connectivity index (χ0) is 12.6. The van der Waals surface area contributed by atoms with Crippen LogP contribution >= 0.6 is 0 Å². The molecular formula is C10H22N4O2. The number of nitrogens with one attached hydrogen (secondary N) is 1. The highest BCUT2D eigenvalue weighted by molar-refractivity contribution is 5.80. The third-order valence-corrected chi connectivity index (χ3v) is 1.84. The van der Waals surface area contributed by atoms with Crippen LogP contribution < -0.4 is 16.8 Å². The Labute approximate surface area is 96.3 Å². The Morgan fingerprint density at radius 3 is 2.38 bits per heavy atom. The monoisotopic (exact) mass is 230 g/mol. The lowest BCUT2D eigenvalue weighted by Crippen LogP contribution is -2.43. The molecule has 0 unspecified atom stereocenters. The molecular weight excluding hydrogens is 208 g/mol. The molecule has 0 rings (SSSR count). The summed E-state index contributed by atoms with van der Waals surface area (Å²) in [6.07, 6.45) is 0. The lowest BCUT2D eigenvalue weighted by molar-refractivity contribution is -0.124. The summed E-state index contributed by atoms with van der Waals surface area (Å²) >= 11 is 0. The summed E-state index contributed by atoms with van der Waals surface area (Å²) in [7, 11) is 0. The van der Waals surface area contributed by atoms with Crippen molar-refractivity contribution >= 4 is 11.8 Å². The van der Waals surface area contributed by atoms with Gasteiger partial charge in [-0.3, -0.25) is 14.5 Å². The molecule has 0 radical (unpaired) electrons. The van der Waals surface area contributed by atoms with Crippen molar-refractivity contribution in [2.24, 2.45) is 17.4 Å². The first-order valence-corrected chi connectivity index (χ1v) is 5.43. The molecule has 16 heavy (non-hydrogen) atoms. The molecule has 0 aliphatic heterocycles. The molecule has 94 valence electrons. The second-order valence-electron chi connectivity index (χ2n) is 4.17. The minimum Gasteiger partial charge on any atom is -0.369 e. The van der Waals surface area contributed by atoms with E-state index in [1.165, 1.54) is 0 Å². The predicted octanol–water partition coefficient (Wildman–Crippen LogP) is -1.50. The van der Waals surface area contributed by atoms with Crippen LogP contribution in [0.3, 0.4) is 0 Å². The van der Waals surface area contributed by atoms with Gasteiger partial charge in [-0.1, -0.05) is 13.8 Å². The number of primary amides is 1. The van der Waals surface area contributed by atoms with Gasteiger partial charge in [0.2, 0.25) is 11.8 Å². The van der Waals surface area contributed by atoms with E-state index in [1.54, 1.807) is 4.90 Å². The van der Waals surface area contributed by atoms with Crippen molar-refractivity contribution in [3.63, 3.8) is 0 Å². The van der Waals surface area contributed by atoms with Crippen molar-refractivity contribution in [3.05, 3.63) is 0 Å². The van der Waals surface area contributed by atoms with E-state index in [0.717, 1.165) is 0 Å². The van der Waals surface area contributed by atoms with Gasteiger partial charge in [-0.05, 0) is 5.92 Å². The van der Waals surface area contributed by atoms with Crippen molar-refractivity contribution in [1.29, 1.82) is 0 Å². The highest BCUT2D eigenvalue weighted by atomic mass is 16.2. The number of carbonyl (C=O) groups excluding carboxylic acids is 2. The second-order valence-corrected chi connectivity index (χ2v) is 4.17. The van der Waals surface area contributed by atoms with Gasteiger partial charge in [0.05, 0.1) is 13.1 Å². The molecule has 6 heteroatoms. The zero-order valence-electron chi connectivity index (χ0n) is 10.0. The van der Waals surface area contributed by atoms with E-state index in [0.29, 0.717) is 25.6 Å². The lowest BCUT2D eigenvalue weighted by Gasteiger charge is -2.21. The average Bonchev–Trinajstić information content (AvgIpc) is 2.12. The largest absolute Gasteiger partial charge is 0.369 e. The van der Waals surface area contributed by atoms with E-state index >= 15 is 0 Å². The smallest absolute Gasteiger partial charge is 0.234 e. The summed E-state index contributed by atoms with van der Waals surface area (Å²) in [5.74, 6) is -0.179. The van der Waals surface area contributed by atoms with Crippen LogP contribution in [0.2, 0.25) is 0 Å². The Balaban J connectivity index is 4.08. The number of nitrogens with zero attached hydrogens (tertiary/aromatic N) is 1. The van der Waals surface area contributed by atoms with Gasteiger partial charge in [-0.15, -0.1) is 0 Å². The van der Waals surface area contributed by atoms with Crippen LogP contribution in [0.5, 0.6) is 0 Å². The molecule has 0 atom stereocenters. The molecule has 0 saturated heterocycles. The van der Waals surface area contributed by atoms with Gasteiger partial charge in [0.15, 0.2) is 0 Å². The van der Waals surface area contributed by atoms with Crippen molar-refractivity contribution in [1.82, 2.24) is 10.2 Å². The molecule has 0 bridgehead atoms. The van der Waals surface area contributed by atoms with Crippen LogP contribution in [0.4, 0.5) is 0 Å². The van der Waals surface area contributed by atoms with E-state index in [1.807, 2.05) is 13.8 Å². The van der Waals surface area contributed by atoms with E-state index in [4.69, 9.17) is 11.5 Å². The molecule has 5 N–H and O–H groups in total. The Hall–Kier alpha value is -1.14. The molecule has 0 saturated carbocycles. The van der Waals surface area contributed by atoms with Gasteiger partial charge in [-0.25, -0.2) is 0 Å². The van der Waals surface area contributed by atoms with Crippen LogP contribution in [0.25, 0.3) is 0 Å². The Morgan fingerprint density at radius 2 is 1.94 bits per heavy atom. The van der Waals surface area contributed by atoms with Gasteiger partial charge in [-0.2, -0.15) is 0 Å². The van der Waals surface area contributed by atoms with Crippen LogP contribution in [0, 0.1) is 5.92 Å². The molecule has 0 aromatic heterocycles. The van der Waals surface area contributed by atoms with E-state index in [-0.39, 0.29) is 19.0 Å². The summed E-state index contributed by atoms with van der Waals surface area (Å²) in [4.78, 5) is 24.0. The number of carbonyl (C=O) groups is 2. The van der Waals surface area contributed by atoms with Crippen molar-refractivity contribution < 1.29 is 9.59 Å². The predicted molar refractivity (Wildman–Crippen MR) is 62.5 cm³/mol. The third kappa shape index (κ3) is 8.19. The topological polar surface area (TPSA) is 101 Å². The van der Waals surface area contributed by atoms with E-state index in [2.05, 4.69) is 5.32 Å². The minimum atomic E-state index is -0.424. The van der Waals surface area contributed by atoms with Gasteiger partial charge in [0, 0.05) is 19.6 Å². The third-order valence-electron chi connectivity index (χ3n) is 1.84. The number of amides is 2. The van der Waals surface area contributed by atoms with Gasteiger partial charge in [0.1, 0.15) is 0 Å². The summed E-state index contributed by atoms with van der Waals surface area (Å²) in [6, 6.07) is 0. The van der Waals surface area contributed by atoms with Gasteiger partial charge in [0.25, 0.3) is 0 Å². The number of hydrogen-bond donors (Lipinski definition) is 3. The highest BCUT2D eigenvalue weighted by Gasteiger charge is 2.13. The minimum absolute atomic E-state index is 0.105. The molecule has 0 aliphatic rings. The van der Waals surface area contributed by atoms with E-state index in [9.17, 15) is 9.59 Å². The lowest BCUT2D eigenvalue weighted by atomic mass is 10.2.